The summed E-state index contributed by atoms with van der Waals surface area (Å²) in [5, 5.41) is 3.74. The van der Waals surface area contributed by atoms with E-state index in [0.29, 0.717) is 5.41 Å². The first-order valence-electron chi connectivity index (χ1n) is 7.11. The van der Waals surface area contributed by atoms with Gasteiger partial charge in [0.1, 0.15) is 0 Å². The highest BCUT2D eigenvalue weighted by atomic mass is 35.5. The van der Waals surface area contributed by atoms with Gasteiger partial charge in [0.15, 0.2) is 0 Å². The number of fused-ring (bicyclic) bond motifs is 2. The first-order chi connectivity index (χ1) is 7.65. The van der Waals surface area contributed by atoms with Gasteiger partial charge in [0.2, 0.25) is 0 Å². The monoisotopic (exact) mass is 258 g/mol. The van der Waals surface area contributed by atoms with Gasteiger partial charge in [0.05, 0.1) is 0 Å². The van der Waals surface area contributed by atoms with Crippen molar-refractivity contribution in [3.05, 3.63) is 0 Å². The van der Waals surface area contributed by atoms with Crippen LogP contribution in [0, 0.1) is 5.41 Å². The Labute approximate surface area is 112 Å². The summed E-state index contributed by atoms with van der Waals surface area (Å²) in [6.07, 6.45) is 10.00. The standard InChI is InChI=1S/C14H26N2.ClH/c1-14(6-3-7-14)10-16(2)13-8-11-4-5-12(9-13)15-11;/h11-13,15H,3-10H2,1-2H3;1H. The minimum Gasteiger partial charge on any atom is -0.311 e. The first-order valence-corrected chi connectivity index (χ1v) is 7.11. The van der Waals surface area contributed by atoms with Crippen molar-refractivity contribution in [2.75, 3.05) is 13.6 Å². The van der Waals surface area contributed by atoms with E-state index >= 15 is 0 Å². The third kappa shape index (κ3) is 2.80. The molecule has 0 amide bonds. The van der Waals surface area contributed by atoms with Crippen molar-refractivity contribution in [2.24, 2.45) is 5.41 Å². The normalized spacial score (nSPS) is 38.6. The van der Waals surface area contributed by atoms with Gasteiger partial charge in [0.25, 0.3) is 0 Å². The van der Waals surface area contributed by atoms with E-state index in [1.54, 1.807) is 0 Å². The highest BCUT2D eigenvalue weighted by Crippen LogP contribution is 2.41. The topological polar surface area (TPSA) is 15.3 Å². The number of nitrogens with zero attached hydrogens (tertiary/aromatic N) is 1. The van der Waals surface area contributed by atoms with Crippen molar-refractivity contribution in [1.29, 1.82) is 0 Å². The second-order valence-electron chi connectivity index (χ2n) is 6.84. The fourth-order valence-electron chi connectivity index (χ4n) is 4.06. The second-order valence-corrected chi connectivity index (χ2v) is 6.84. The third-order valence-electron chi connectivity index (χ3n) is 5.26. The van der Waals surface area contributed by atoms with Crippen LogP contribution >= 0.6 is 12.4 Å². The van der Waals surface area contributed by atoms with E-state index in [4.69, 9.17) is 0 Å². The van der Waals surface area contributed by atoms with Gasteiger partial charge in [-0.1, -0.05) is 13.3 Å². The van der Waals surface area contributed by atoms with E-state index in [0.717, 1.165) is 18.1 Å². The molecule has 0 aromatic rings. The van der Waals surface area contributed by atoms with Gasteiger partial charge in [-0.25, -0.2) is 0 Å². The van der Waals surface area contributed by atoms with Crippen molar-refractivity contribution in [1.82, 2.24) is 10.2 Å². The molecule has 2 unspecified atom stereocenters. The minimum absolute atomic E-state index is 0. The number of rotatable bonds is 3. The molecule has 0 aromatic heterocycles. The molecule has 3 heteroatoms. The Bertz CT molecular complexity index is 253. The molecule has 2 bridgehead atoms. The highest BCUT2D eigenvalue weighted by Gasteiger charge is 2.38. The molecule has 3 rings (SSSR count). The zero-order chi connectivity index (χ0) is 11.2. The molecule has 1 aliphatic carbocycles. The smallest absolute Gasteiger partial charge is 0.0122 e. The number of halogens is 1. The summed E-state index contributed by atoms with van der Waals surface area (Å²) in [4.78, 5) is 2.67. The molecular weight excluding hydrogens is 232 g/mol. The van der Waals surface area contributed by atoms with Gasteiger partial charge in [-0.05, 0) is 51.0 Å². The van der Waals surface area contributed by atoms with Gasteiger partial charge in [-0.2, -0.15) is 0 Å². The van der Waals surface area contributed by atoms with E-state index in [1.807, 2.05) is 0 Å². The molecule has 100 valence electrons. The van der Waals surface area contributed by atoms with E-state index in [-0.39, 0.29) is 12.4 Å². The molecule has 2 aliphatic heterocycles. The molecule has 2 saturated heterocycles. The zero-order valence-electron chi connectivity index (χ0n) is 11.2. The highest BCUT2D eigenvalue weighted by molar-refractivity contribution is 5.85. The molecule has 3 fully saturated rings. The minimum atomic E-state index is 0. The number of piperidine rings is 1. The van der Waals surface area contributed by atoms with Crippen LogP contribution in [0.25, 0.3) is 0 Å². The Morgan fingerprint density at radius 1 is 1.18 bits per heavy atom. The van der Waals surface area contributed by atoms with Gasteiger partial charge >= 0.3 is 0 Å². The summed E-state index contributed by atoms with van der Waals surface area (Å²) < 4.78 is 0. The Balaban J connectivity index is 0.00000108. The summed E-state index contributed by atoms with van der Waals surface area (Å²) in [6, 6.07) is 2.52. The molecule has 2 heterocycles. The Morgan fingerprint density at radius 2 is 1.76 bits per heavy atom. The SMILES string of the molecule is CN(CC1(C)CCC1)C1CC2CCC(C1)N2.Cl. The van der Waals surface area contributed by atoms with Gasteiger partial charge in [-0.15, -0.1) is 12.4 Å². The fourth-order valence-corrected chi connectivity index (χ4v) is 4.06. The molecule has 0 aromatic carbocycles. The van der Waals surface area contributed by atoms with E-state index in [2.05, 4.69) is 24.2 Å². The van der Waals surface area contributed by atoms with Crippen molar-refractivity contribution >= 4 is 12.4 Å². The average Bonchev–Trinajstić information content (AvgIpc) is 2.55. The molecule has 3 aliphatic rings. The van der Waals surface area contributed by atoms with Crippen LogP contribution < -0.4 is 5.32 Å². The zero-order valence-corrected chi connectivity index (χ0v) is 12.1. The summed E-state index contributed by atoms with van der Waals surface area (Å²) in [6.45, 7) is 3.81. The van der Waals surface area contributed by atoms with Crippen molar-refractivity contribution in [3.63, 3.8) is 0 Å². The molecule has 0 radical (unpaired) electrons. The maximum Gasteiger partial charge on any atom is 0.0122 e. The van der Waals surface area contributed by atoms with Crippen LogP contribution in [-0.2, 0) is 0 Å². The van der Waals surface area contributed by atoms with Crippen molar-refractivity contribution in [3.8, 4) is 0 Å². The van der Waals surface area contributed by atoms with Gasteiger partial charge < -0.3 is 10.2 Å². The molecule has 2 atom stereocenters. The Hall–Kier alpha value is 0.210. The lowest BCUT2D eigenvalue weighted by molar-refractivity contribution is 0.0611. The lowest BCUT2D eigenvalue weighted by Gasteiger charge is -2.45. The third-order valence-corrected chi connectivity index (χ3v) is 5.26. The van der Waals surface area contributed by atoms with E-state index < -0.39 is 0 Å². The summed E-state index contributed by atoms with van der Waals surface area (Å²) in [5.41, 5.74) is 0.651. The Morgan fingerprint density at radius 3 is 2.24 bits per heavy atom. The average molecular weight is 259 g/mol. The number of nitrogens with one attached hydrogen (secondary N) is 1. The molecular formula is C14H27ClN2. The van der Waals surface area contributed by atoms with Gasteiger partial charge in [-0.3, -0.25) is 0 Å². The van der Waals surface area contributed by atoms with E-state index in [9.17, 15) is 0 Å². The number of hydrogen-bond donors (Lipinski definition) is 1. The molecule has 2 nitrogen and oxygen atoms in total. The predicted molar refractivity (Wildman–Crippen MR) is 74.8 cm³/mol. The van der Waals surface area contributed by atoms with Crippen LogP contribution in [0.15, 0.2) is 0 Å². The van der Waals surface area contributed by atoms with Crippen LogP contribution in [-0.4, -0.2) is 36.6 Å². The van der Waals surface area contributed by atoms with Crippen molar-refractivity contribution < 1.29 is 0 Å². The van der Waals surface area contributed by atoms with Crippen LogP contribution in [0.3, 0.4) is 0 Å². The summed E-state index contributed by atoms with van der Waals surface area (Å²) in [5.74, 6) is 0. The van der Waals surface area contributed by atoms with Crippen LogP contribution in [0.4, 0.5) is 0 Å². The largest absolute Gasteiger partial charge is 0.311 e. The van der Waals surface area contributed by atoms with Crippen LogP contribution in [0.1, 0.15) is 51.9 Å². The lowest BCUT2D eigenvalue weighted by atomic mass is 9.70. The van der Waals surface area contributed by atoms with Gasteiger partial charge in [0, 0.05) is 24.7 Å². The first kappa shape index (κ1) is 13.6. The van der Waals surface area contributed by atoms with Crippen molar-refractivity contribution in [2.45, 2.75) is 70.0 Å². The Kier molecular flexibility index (Phi) is 4.06. The van der Waals surface area contributed by atoms with Crippen LogP contribution in [0.5, 0.6) is 0 Å². The molecule has 1 N–H and O–H groups in total. The quantitative estimate of drug-likeness (QED) is 0.838. The lowest BCUT2D eigenvalue weighted by Crippen LogP contribution is -2.50. The summed E-state index contributed by atoms with van der Waals surface area (Å²) >= 11 is 0. The molecule has 17 heavy (non-hydrogen) atoms. The summed E-state index contributed by atoms with van der Waals surface area (Å²) in [7, 11) is 2.36. The molecule has 1 saturated carbocycles. The predicted octanol–water partition coefficient (Wildman–Crippen LogP) is 2.81. The van der Waals surface area contributed by atoms with E-state index in [1.165, 1.54) is 51.5 Å². The maximum atomic E-state index is 3.74. The number of hydrogen-bond acceptors (Lipinski definition) is 2. The molecule has 0 spiro atoms. The second kappa shape index (κ2) is 5.07. The van der Waals surface area contributed by atoms with Crippen LogP contribution in [0.2, 0.25) is 0 Å². The maximum absolute atomic E-state index is 3.74. The fraction of sp³-hybridized carbons (Fsp3) is 1.00.